The van der Waals surface area contributed by atoms with Crippen LogP contribution >= 0.6 is 11.6 Å². The van der Waals surface area contributed by atoms with Gasteiger partial charge in [-0.2, -0.15) is 5.26 Å². The molecule has 7 heteroatoms. The van der Waals surface area contributed by atoms with Gasteiger partial charge < -0.3 is 9.88 Å². The molecule has 3 aromatic rings. The highest BCUT2D eigenvalue weighted by Gasteiger charge is 2.20. The van der Waals surface area contributed by atoms with E-state index in [-0.39, 0.29) is 0 Å². The number of hydrogen-bond donors (Lipinski definition) is 1. The summed E-state index contributed by atoms with van der Waals surface area (Å²) < 4.78 is 1.85. The molecule has 0 spiro atoms. The molecule has 1 fully saturated rings. The monoisotopic (exact) mass is 378 g/mol. The highest BCUT2D eigenvalue weighted by Crippen LogP contribution is 2.35. The molecular formula is C20H19ClN6. The Balaban J connectivity index is 1.74. The Kier molecular flexibility index (Phi) is 4.78. The number of aromatic nitrogens is 4. The number of aryl methyl sites for hydroxylation is 1. The van der Waals surface area contributed by atoms with Crippen molar-refractivity contribution in [3.05, 3.63) is 47.4 Å². The van der Waals surface area contributed by atoms with Gasteiger partial charge in [0.2, 0.25) is 0 Å². The summed E-state index contributed by atoms with van der Waals surface area (Å²) in [4.78, 5) is 4.39. The van der Waals surface area contributed by atoms with Crippen molar-refractivity contribution in [3.63, 3.8) is 0 Å². The molecule has 1 aliphatic carbocycles. The lowest BCUT2D eigenvalue weighted by Crippen LogP contribution is -2.04. The number of benzene rings is 1. The van der Waals surface area contributed by atoms with Crippen LogP contribution in [0.4, 0.5) is 5.82 Å². The SMILES string of the molecule is Cn1cnnc1-c1ccc(C#N)cc1-c1cc(Cl)nc(NCCC2CC2)c1. The van der Waals surface area contributed by atoms with E-state index in [2.05, 4.69) is 26.6 Å². The zero-order valence-electron chi connectivity index (χ0n) is 15.0. The second kappa shape index (κ2) is 7.37. The molecule has 1 N–H and O–H groups in total. The fraction of sp³-hybridized carbons (Fsp3) is 0.300. The first-order chi connectivity index (χ1) is 13.1. The van der Waals surface area contributed by atoms with Crippen molar-refractivity contribution in [2.75, 3.05) is 11.9 Å². The minimum absolute atomic E-state index is 0.410. The van der Waals surface area contributed by atoms with Crippen LogP contribution in [-0.2, 0) is 7.05 Å². The number of rotatable bonds is 6. The molecule has 0 bridgehead atoms. The lowest BCUT2D eigenvalue weighted by molar-refractivity contribution is 0.758. The van der Waals surface area contributed by atoms with E-state index >= 15 is 0 Å². The van der Waals surface area contributed by atoms with Crippen molar-refractivity contribution < 1.29 is 0 Å². The van der Waals surface area contributed by atoms with Crippen molar-refractivity contribution in [3.8, 4) is 28.6 Å². The van der Waals surface area contributed by atoms with Crippen LogP contribution in [-0.4, -0.2) is 26.3 Å². The van der Waals surface area contributed by atoms with Crippen LogP contribution in [0.3, 0.4) is 0 Å². The molecule has 0 aliphatic heterocycles. The summed E-state index contributed by atoms with van der Waals surface area (Å²) in [6.45, 7) is 0.881. The zero-order chi connectivity index (χ0) is 18.8. The lowest BCUT2D eigenvalue weighted by Gasteiger charge is -2.12. The fourth-order valence-corrected chi connectivity index (χ4v) is 3.34. The third kappa shape index (κ3) is 3.93. The standard InChI is InChI=1S/C20H19ClN6/c1-27-12-24-26-20(27)16-5-4-14(11-22)8-17(16)15-9-18(21)25-19(10-15)23-7-6-13-2-3-13/h4-5,8-10,12-13H,2-3,6-7H2,1H3,(H,23,25). The van der Waals surface area contributed by atoms with Gasteiger partial charge in [-0.05, 0) is 53.8 Å². The summed E-state index contributed by atoms with van der Waals surface area (Å²) in [7, 11) is 1.89. The maximum atomic E-state index is 9.33. The van der Waals surface area contributed by atoms with Gasteiger partial charge in [-0.15, -0.1) is 10.2 Å². The average Bonchev–Trinajstić information content (AvgIpc) is 3.39. The molecular weight excluding hydrogens is 360 g/mol. The molecule has 0 radical (unpaired) electrons. The second-order valence-corrected chi connectivity index (χ2v) is 7.25. The molecule has 0 saturated heterocycles. The average molecular weight is 379 g/mol. The largest absolute Gasteiger partial charge is 0.370 e. The van der Waals surface area contributed by atoms with Gasteiger partial charge >= 0.3 is 0 Å². The molecule has 4 rings (SSSR count). The number of pyridine rings is 1. The Bertz CT molecular complexity index is 1020. The van der Waals surface area contributed by atoms with Crippen molar-refractivity contribution in [2.45, 2.75) is 19.3 Å². The number of nitrogens with one attached hydrogen (secondary N) is 1. The molecule has 27 heavy (non-hydrogen) atoms. The third-order valence-electron chi connectivity index (χ3n) is 4.76. The van der Waals surface area contributed by atoms with Crippen molar-refractivity contribution in [1.29, 1.82) is 5.26 Å². The predicted octanol–water partition coefficient (Wildman–Crippen LogP) is 4.28. The van der Waals surface area contributed by atoms with Gasteiger partial charge in [0.25, 0.3) is 0 Å². The van der Waals surface area contributed by atoms with Gasteiger partial charge in [0.1, 0.15) is 17.3 Å². The van der Waals surface area contributed by atoms with Crippen LogP contribution in [0.25, 0.3) is 22.5 Å². The Labute approximate surface area is 162 Å². The topological polar surface area (TPSA) is 79.4 Å². The van der Waals surface area contributed by atoms with Crippen LogP contribution in [0, 0.1) is 17.2 Å². The maximum absolute atomic E-state index is 9.33. The highest BCUT2D eigenvalue weighted by atomic mass is 35.5. The molecule has 1 aromatic carbocycles. The van der Waals surface area contributed by atoms with E-state index < -0.39 is 0 Å². The Morgan fingerprint density at radius 1 is 1.26 bits per heavy atom. The number of nitriles is 1. The summed E-state index contributed by atoms with van der Waals surface area (Å²) in [5, 5.41) is 21.3. The summed E-state index contributed by atoms with van der Waals surface area (Å²) in [5.74, 6) is 2.32. The van der Waals surface area contributed by atoms with Crippen molar-refractivity contribution in [2.24, 2.45) is 13.0 Å². The molecule has 1 saturated carbocycles. The summed E-state index contributed by atoms with van der Waals surface area (Å²) >= 11 is 6.29. The van der Waals surface area contributed by atoms with Crippen LogP contribution in [0.1, 0.15) is 24.8 Å². The summed E-state index contributed by atoms with van der Waals surface area (Å²) in [5.41, 5.74) is 3.23. The fourth-order valence-electron chi connectivity index (χ4n) is 3.13. The number of nitrogens with zero attached hydrogens (tertiary/aromatic N) is 5. The van der Waals surface area contributed by atoms with E-state index in [0.717, 1.165) is 47.2 Å². The molecule has 2 aromatic heterocycles. The van der Waals surface area contributed by atoms with Gasteiger partial charge in [-0.25, -0.2) is 4.98 Å². The molecule has 1 aliphatic rings. The number of anilines is 1. The van der Waals surface area contributed by atoms with E-state index in [1.54, 1.807) is 12.4 Å². The van der Waals surface area contributed by atoms with Crippen molar-refractivity contribution in [1.82, 2.24) is 19.7 Å². The molecule has 0 unspecified atom stereocenters. The first kappa shape index (κ1) is 17.5. The molecule has 0 amide bonds. The molecule has 0 atom stereocenters. The predicted molar refractivity (Wildman–Crippen MR) is 105 cm³/mol. The number of halogens is 1. The molecule has 136 valence electrons. The number of hydrogen-bond acceptors (Lipinski definition) is 5. The molecule has 2 heterocycles. The summed E-state index contributed by atoms with van der Waals surface area (Å²) in [6.07, 6.45) is 5.47. The first-order valence-corrected chi connectivity index (χ1v) is 9.32. The van der Waals surface area contributed by atoms with Crippen LogP contribution in [0.2, 0.25) is 5.15 Å². The van der Waals surface area contributed by atoms with Crippen LogP contribution in [0.5, 0.6) is 0 Å². The Morgan fingerprint density at radius 2 is 2.11 bits per heavy atom. The van der Waals surface area contributed by atoms with Gasteiger partial charge in [0.05, 0.1) is 11.6 Å². The Morgan fingerprint density at radius 3 is 2.81 bits per heavy atom. The van der Waals surface area contributed by atoms with E-state index in [0.29, 0.717) is 10.7 Å². The quantitative estimate of drug-likeness (QED) is 0.647. The van der Waals surface area contributed by atoms with E-state index in [4.69, 9.17) is 11.6 Å². The van der Waals surface area contributed by atoms with Gasteiger partial charge in [-0.1, -0.05) is 24.4 Å². The summed E-state index contributed by atoms with van der Waals surface area (Å²) in [6, 6.07) is 11.5. The Hall–Kier alpha value is -2.91. The van der Waals surface area contributed by atoms with Gasteiger partial charge in [0.15, 0.2) is 5.82 Å². The minimum atomic E-state index is 0.410. The van der Waals surface area contributed by atoms with E-state index in [9.17, 15) is 5.26 Å². The van der Waals surface area contributed by atoms with Crippen LogP contribution < -0.4 is 5.32 Å². The smallest absolute Gasteiger partial charge is 0.164 e. The van der Waals surface area contributed by atoms with Crippen LogP contribution in [0.15, 0.2) is 36.7 Å². The maximum Gasteiger partial charge on any atom is 0.164 e. The highest BCUT2D eigenvalue weighted by molar-refractivity contribution is 6.29. The van der Waals surface area contributed by atoms with Gasteiger partial charge in [-0.3, -0.25) is 0 Å². The first-order valence-electron chi connectivity index (χ1n) is 8.94. The lowest BCUT2D eigenvalue weighted by atomic mass is 9.97. The third-order valence-corrected chi connectivity index (χ3v) is 4.96. The van der Waals surface area contributed by atoms with E-state index in [1.165, 1.54) is 12.8 Å². The molecule has 6 nitrogen and oxygen atoms in total. The normalized spacial score (nSPS) is 13.4. The zero-order valence-corrected chi connectivity index (χ0v) is 15.7. The van der Waals surface area contributed by atoms with Gasteiger partial charge in [0, 0.05) is 19.2 Å². The van der Waals surface area contributed by atoms with Crippen molar-refractivity contribution >= 4 is 17.4 Å². The van der Waals surface area contributed by atoms with E-state index in [1.807, 2.05) is 35.9 Å². The second-order valence-electron chi connectivity index (χ2n) is 6.86. The minimum Gasteiger partial charge on any atom is -0.370 e.